The molecule has 0 aromatic heterocycles. The van der Waals surface area contributed by atoms with Crippen LogP contribution in [0, 0.1) is 5.92 Å². The van der Waals surface area contributed by atoms with Gasteiger partial charge in [-0.25, -0.2) is 4.67 Å². The number of fused-ring (bicyclic) bond motifs is 4. The summed E-state index contributed by atoms with van der Waals surface area (Å²) in [5.74, 6) is 1.64. The molecule has 2 heterocycles. The van der Waals surface area contributed by atoms with Gasteiger partial charge in [-0.3, -0.25) is 0 Å². The van der Waals surface area contributed by atoms with Crippen LogP contribution in [0.5, 0.6) is 0 Å². The van der Waals surface area contributed by atoms with Gasteiger partial charge in [-0.05, 0) is 32.1 Å². The minimum atomic E-state index is -3.04. The number of rotatable bonds is 1. The molecular weight excluding hydrogens is 356 g/mol. The van der Waals surface area contributed by atoms with Crippen molar-refractivity contribution in [2.75, 3.05) is 0 Å². The number of hydrogen-bond acceptors (Lipinski definition) is 6. The first-order valence-electron chi connectivity index (χ1n) is 10.0. The summed E-state index contributed by atoms with van der Waals surface area (Å²) in [5.41, 5.74) is 1.15. The molecule has 2 atom stereocenters. The largest absolute Gasteiger partial charge is 0.643 e. The van der Waals surface area contributed by atoms with Gasteiger partial charge in [0.15, 0.2) is 11.8 Å². The maximum Gasteiger partial charge on any atom is 0.643 e. The van der Waals surface area contributed by atoms with E-state index in [0.717, 1.165) is 30.9 Å². The van der Waals surface area contributed by atoms with Crippen molar-refractivity contribution >= 4 is 31.4 Å². The molecule has 27 heavy (non-hydrogen) atoms. The maximum absolute atomic E-state index is 6.56. The number of benzene rings is 1. The van der Waals surface area contributed by atoms with Crippen molar-refractivity contribution in [2.24, 2.45) is 21.2 Å². The van der Waals surface area contributed by atoms with Crippen molar-refractivity contribution in [1.82, 2.24) is 4.67 Å². The molecular formula is C20H26N4O2Si. The van der Waals surface area contributed by atoms with Crippen molar-refractivity contribution in [3.05, 3.63) is 30.3 Å². The van der Waals surface area contributed by atoms with Gasteiger partial charge in [-0.1, -0.05) is 43.2 Å². The van der Waals surface area contributed by atoms with Gasteiger partial charge in [-0.2, -0.15) is 5.10 Å². The Morgan fingerprint density at radius 1 is 1.00 bits per heavy atom. The second kappa shape index (κ2) is 6.19. The van der Waals surface area contributed by atoms with Crippen molar-refractivity contribution in [1.29, 1.82) is 0 Å². The van der Waals surface area contributed by atoms with E-state index in [1.54, 1.807) is 0 Å². The zero-order valence-electron chi connectivity index (χ0n) is 16.0. The van der Waals surface area contributed by atoms with E-state index in [0.29, 0.717) is 17.7 Å². The Morgan fingerprint density at radius 3 is 2.52 bits per heavy atom. The Balaban J connectivity index is 1.74. The lowest BCUT2D eigenvalue weighted by atomic mass is 9.80. The quantitative estimate of drug-likeness (QED) is 0.699. The van der Waals surface area contributed by atoms with Crippen molar-refractivity contribution in [3.8, 4) is 0 Å². The molecule has 0 saturated heterocycles. The fourth-order valence-corrected chi connectivity index (χ4v) is 8.82. The lowest BCUT2D eigenvalue weighted by Crippen LogP contribution is -2.70. The molecule has 4 aliphatic rings. The van der Waals surface area contributed by atoms with Crippen molar-refractivity contribution in [3.63, 3.8) is 0 Å². The molecule has 1 aromatic rings. The Hall–Kier alpha value is -2.15. The van der Waals surface area contributed by atoms with Gasteiger partial charge in [0.05, 0.1) is 5.54 Å². The average Bonchev–Trinajstić information content (AvgIpc) is 3.39. The highest BCUT2D eigenvalue weighted by Crippen LogP contribution is 2.50. The first-order valence-corrected chi connectivity index (χ1v) is 11.8. The van der Waals surface area contributed by atoms with Crippen molar-refractivity contribution in [2.45, 2.75) is 64.3 Å². The molecule has 1 spiro atoms. The maximum atomic E-state index is 6.56. The average molecular weight is 383 g/mol. The molecule has 7 heteroatoms. The molecule has 0 N–H and O–H groups in total. The summed E-state index contributed by atoms with van der Waals surface area (Å²) in [4.78, 5) is 0. The van der Waals surface area contributed by atoms with Gasteiger partial charge in [0, 0.05) is 30.7 Å². The summed E-state index contributed by atoms with van der Waals surface area (Å²) in [6.07, 6.45) is 8.01. The first-order chi connectivity index (χ1) is 13.1. The highest BCUT2D eigenvalue weighted by atomic mass is 28.4. The normalized spacial score (nSPS) is 35.4. The molecule has 2 unspecified atom stereocenters. The van der Waals surface area contributed by atoms with Crippen LogP contribution in [0.4, 0.5) is 0 Å². The predicted octanol–water partition coefficient (Wildman–Crippen LogP) is 3.42. The van der Waals surface area contributed by atoms with Crippen LogP contribution in [0.25, 0.3) is 0 Å². The lowest BCUT2D eigenvalue weighted by Gasteiger charge is -2.46. The highest BCUT2D eigenvalue weighted by Gasteiger charge is 2.66. The monoisotopic (exact) mass is 382 g/mol. The Kier molecular flexibility index (Phi) is 3.89. The fourth-order valence-electron chi connectivity index (χ4n) is 5.39. The fraction of sp³-hybridized carbons (Fsp3) is 0.550. The molecule has 6 nitrogen and oxygen atoms in total. The van der Waals surface area contributed by atoms with Gasteiger partial charge in [0.2, 0.25) is 0 Å². The van der Waals surface area contributed by atoms with Gasteiger partial charge in [0.25, 0.3) is 0 Å². The molecule has 142 valence electrons. The van der Waals surface area contributed by atoms with Gasteiger partial charge >= 0.3 is 8.72 Å². The van der Waals surface area contributed by atoms with Gasteiger partial charge in [-0.15, -0.1) is 10.2 Å². The smallest absolute Gasteiger partial charge is 0.480 e. The molecule has 0 radical (unpaired) electrons. The van der Waals surface area contributed by atoms with E-state index < -0.39 is 8.72 Å². The van der Waals surface area contributed by atoms with Crippen LogP contribution >= 0.6 is 0 Å². The molecule has 2 fully saturated rings. The Labute approximate surface area is 161 Å². The number of hydrazone groups is 1. The third-order valence-corrected chi connectivity index (χ3v) is 9.73. The molecule has 2 saturated carbocycles. The van der Waals surface area contributed by atoms with E-state index in [2.05, 4.69) is 27.0 Å². The molecule has 5 rings (SSSR count). The van der Waals surface area contributed by atoms with E-state index in [-0.39, 0.29) is 5.54 Å². The minimum Gasteiger partial charge on any atom is -0.480 e. The van der Waals surface area contributed by atoms with E-state index in [1.807, 2.05) is 32.0 Å². The molecule has 0 bridgehead atoms. The van der Waals surface area contributed by atoms with Gasteiger partial charge in [0.1, 0.15) is 0 Å². The molecule has 1 aromatic carbocycles. The Bertz CT molecular complexity index is 832. The predicted molar refractivity (Wildman–Crippen MR) is 108 cm³/mol. The van der Waals surface area contributed by atoms with Crippen LogP contribution < -0.4 is 5.19 Å². The second-order valence-electron chi connectivity index (χ2n) is 8.05. The van der Waals surface area contributed by atoms with Gasteiger partial charge < -0.3 is 8.85 Å². The number of nitrogens with zero attached hydrogens (tertiary/aromatic N) is 4. The topological polar surface area (TPSA) is 58.8 Å². The standard InChI is InChI=1S/C20H26N4O2Si/c1-15-21-22-19-12-8-11-18(19)20(13-6-7-14-20)24-23-16(2)26-27(24,25-15)17-9-4-3-5-10-17/h3-5,9-10,18H,6-8,11-14H2,1-2H3/b21-15-,22-19-. The third kappa shape index (κ3) is 2.47. The SMILES string of the molecule is CC1=NN2C3(CCCC3)C3CCC/C3=N/N=C(/C)O[Si]2(c2ccccc2)O1. The van der Waals surface area contributed by atoms with E-state index >= 15 is 0 Å². The molecule has 2 aliphatic carbocycles. The lowest BCUT2D eigenvalue weighted by molar-refractivity contribution is 0.113. The minimum absolute atomic E-state index is 0.0741. The summed E-state index contributed by atoms with van der Waals surface area (Å²) in [7, 11) is -3.04. The van der Waals surface area contributed by atoms with Crippen LogP contribution in [-0.4, -0.2) is 36.4 Å². The van der Waals surface area contributed by atoms with Crippen LogP contribution in [0.1, 0.15) is 58.8 Å². The summed E-state index contributed by atoms with van der Waals surface area (Å²) in [6, 6.07) is 10.3. The first kappa shape index (κ1) is 17.0. The summed E-state index contributed by atoms with van der Waals surface area (Å²) in [5, 5.41) is 15.2. The molecule has 2 aliphatic heterocycles. The Morgan fingerprint density at radius 2 is 1.74 bits per heavy atom. The summed E-state index contributed by atoms with van der Waals surface area (Å²) < 4.78 is 15.3. The van der Waals surface area contributed by atoms with E-state index in [4.69, 9.17) is 14.0 Å². The van der Waals surface area contributed by atoms with Crippen LogP contribution in [0.2, 0.25) is 0 Å². The zero-order valence-corrected chi connectivity index (χ0v) is 17.0. The van der Waals surface area contributed by atoms with Crippen LogP contribution in [0.15, 0.2) is 45.6 Å². The van der Waals surface area contributed by atoms with Crippen LogP contribution in [0.3, 0.4) is 0 Å². The highest BCUT2D eigenvalue weighted by molar-refractivity contribution is 6.81. The van der Waals surface area contributed by atoms with Crippen LogP contribution in [-0.2, 0) is 8.85 Å². The van der Waals surface area contributed by atoms with Crippen molar-refractivity contribution < 1.29 is 8.85 Å². The molecule has 0 amide bonds. The summed E-state index contributed by atoms with van der Waals surface area (Å²) in [6.45, 7) is 3.83. The zero-order chi connectivity index (χ0) is 18.5. The summed E-state index contributed by atoms with van der Waals surface area (Å²) >= 11 is 0. The number of hydrogen-bond donors (Lipinski definition) is 0. The second-order valence-corrected chi connectivity index (χ2v) is 10.6. The van der Waals surface area contributed by atoms with E-state index in [9.17, 15) is 0 Å². The van der Waals surface area contributed by atoms with E-state index in [1.165, 1.54) is 25.0 Å². The third-order valence-electron chi connectivity index (χ3n) is 6.42.